The van der Waals surface area contributed by atoms with Gasteiger partial charge >= 0.3 is 0 Å². The van der Waals surface area contributed by atoms with E-state index in [9.17, 15) is 0 Å². The van der Waals surface area contributed by atoms with Crippen LogP contribution in [0.5, 0.6) is 5.75 Å². The predicted octanol–water partition coefficient (Wildman–Crippen LogP) is 2.32. The highest BCUT2D eigenvalue weighted by Gasteiger charge is 2.13. The van der Waals surface area contributed by atoms with Crippen LogP contribution < -0.4 is 10.5 Å². The van der Waals surface area contributed by atoms with Crippen molar-refractivity contribution in [1.82, 2.24) is 0 Å². The van der Waals surface area contributed by atoms with Crippen LogP contribution in [-0.4, -0.2) is 13.2 Å². The number of nitrogens with two attached hydrogens (primary N) is 1. The van der Waals surface area contributed by atoms with Gasteiger partial charge in [0.05, 0.1) is 7.11 Å². The van der Waals surface area contributed by atoms with Crippen LogP contribution >= 0.6 is 12.4 Å². The molecule has 0 amide bonds. The van der Waals surface area contributed by atoms with Crippen LogP contribution in [0.15, 0.2) is 18.2 Å². The van der Waals surface area contributed by atoms with Crippen LogP contribution in [0.25, 0.3) is 0 Å². The molecule has 2 rings (SSSR count). The van der Waals surface area contributed by atoms with Gasteiger partial charge in [0.15, 0.2) is 0 Å². The summed E-state index contributed by atoms with van der Waals surface area (Å²) in [6.07, 6.45) is 4.48. The Hall–Kier alpha value is -0.730. The van der Waals surface area contributed by atoms with E-state index in [-0.39, 0.29) is 12.4 Å². The molecule has 1 aliphatic carbocycles. The van der Waals surface area contributed by atoms with Crippen molar-refractivity contribution < 1.29 is 4.74 Å². The molecule has 1 unspecified atom stereocenters. The number of rotatable bonds is 1. The van der Waals surface area contributed by atoms with E-state index in [1.165, 1.54) is 17.5 Å². The number of hydrogen-bond acceptors (Lipinski definition) is 2. The summed E-state index contributed by atoms with van der Waals surface area (Å²) >= 11 is 0. The maximum absolute atomic E-state index is 5.99. The fourth-order valence-corrected chi connectivity index (χ4v) is 2.10. The first-order valence-electron chi connectivity index (χ1n) is 5.21. The molecule has 1 aromatic rings. The lowest BCUT2D eigenvalue weighted by Gasteiger charge is -2.09. The summed E-state index contributed by atoms with van der Waals surface area (Å²) in [6.45, 7) is 0. The first-order chi connectivity index (χ1) is 6.79. The zero-order valence-electron chi connectivity index (χ0n) is 9.03. The zero-order chi connectivity index (χ0) is 9.97. The van der Waals surface area contributed by atoms with E-state index in [1.807, 2.05) is 6.07 Å². The molecule has 0 aromatic heterocycles. The van der Waals surface area contributed by atoms with Crippen LogP contribution in [0.1, 0.15) is 24.0 Å². The van der Waals surface area contributed by atoms with Crippen LogP contribution in [0.2, 0.25) is 0 Å². The maximum atomic E-state index is 5.99. The smallest absolute Gasteiger partial charge is 0.119 e. The number of hydrogen-bond donors (Lipinski definition) is 1. The van der Waals surface area contributed by atoms with Gasteiger partial charge in [-0.3, -0.25) is 0 Å². The SMILES string of the molecule is COc1ccc2c(c1)CCCC(N)C2.Cl. The number of aryl methyl sites for hydroxylation is 1. The van der Waals surface area contributed by atoms with Gasteiger partial charge in [0, 0.05) is 6.04 Å². The summed E-state index contributed by atoms with van der Waals surface area (Å²) in [5.74, 6) is 0.958. The van der Waals surface area contributed by atoms with Gasteiger partial charge in [-0.25, -0.2) is 0 Å². The Kier molecular flexibility index (Phi) is 4.43. The van der Waals surface area contributed by atoms with Crippen LogP contribution in [-0.2, 0) is 12.8 Å². The third-order valence-electron chi connectivity index (χ3n) is 2.92. The van der Waals surface area contributed by atoms with Crippen molar-refractivity contribution in [3.8, 4) is 5.75 Å². The normalized spacial score (nSPS) is 19.7. The number of methoxy groups -OCH3 is 1. The zero-order valence-corrected chi connectivity index (χ0v) is 9.85. The third-order valence-corrected chi connectivity index (χ3v) is 2.92. The van der Waals surface area contributed by atoms with E-state index in [1.54, 1.807) is 7.11 Å². The van der Waals surface area contributed by atoms with Gasteiger partial charge < -0.3 is 10.5 Å². The second kappa shape index (κ2) is 5.38. The van der Waals surface area contributed by atoms with Crippen LogP contribution in [0.4, 0.5) is 0 Å². The predicted molar refractivity (Wildman–Crippen MR) is 64.9 cm³/mol. The van der Waals surface area contributed by atoms with Crippen molar-refractivity contribution in [2.24, 2.45) is 5.73 Å². The molecule has 0 bridgehead atoms. The number of ether oxygens (including phenoxy) is 1. The molecule has 3 heteroatoms. The molecule has 0 saturated heterocycles. The van der Waals surface area contributed by atoms with E-state index in [0.29, 0.717) is 6.04 Å². The van der Waals surface area contributed by atoms with Gasteiger partial charge in [0.1, 0.15) is 5.75 Å². The molecule has 0 aliphatic heterocycles. The van der Waals surface area contributed by atoms with Gasteiger partial charge in [0.2, 0.25) is 0 Å². The van der Waals surface area contributed by atoms with Gasteiger partial charge in [0.25, 0.3) is 0 Å². The Balaban J connectivity index is 0.00000112. The standard InChI is InChI=1S/C12H17NO.ClH/c1-14-12-6-5-10-7-11(13)4-2-3-9(10)8-12;/h5-6,8,11H,2-4,7,13H2,1H3;1H. The second-order valence-electron chi connectivity index (χ2n) is 3.99. The van der Waals surface area contributed by atoms with Crippen molar-refractivity contribution in [3.05, 3.63) is 29.3 Å². The van der Waals surface area contributed by atoms with E-state index >= 15 is 0 Å². The second-order valence-corrected chi connectivity index (χ2v) is 3.99. The monoisotopic (exact) mass is 227 g/mol. The van der Waals surface area contributed by atoms with E-state index < -0.39 is 0 Å². The fourth-order valence-electron chi connectivity index (χ4n) is 2.10. The lowest BCUT2D eigenvalue weighted by atomic mass is 10.0. The molecule has 0 radical (unpaired) electrons. The summed E-state index contributed by atoms with van der Waals surface area (Å²) in [5.41, 5.74) is 8.80. The minimum Gasteiger partial charge on any atom is -0.497 e. The summed E-state index contributed by atoms with van der Waals surface area (Å²) < 4.78 is 5.22. The van der Waals surface area contributed by atoms with Crippen LogP contribution in [0.3, 0.4) is 0 Å². The minimum atomic E-state index is 0. The summed E-state index contributed by atoms with van der Waals surface area (Å²) in [7, 11) is 1.71. The molecular weight excluding hydrogens is 210 g/mol. The van der Waals surface area contributed by atoms with Crippen molar-refractivity contribution in [3.63, 3.8) is 0 Å². The Morgan fingerprint density at radius 1 is 1.33 bits per heavy atom. The Morgan fingerprint density at radius 3 is 2.87 bits per heavy atom. The van der Waals surface area contributed by atoms with Crippen LogP contribution in [0, 0.1) is 0 Å². The molecule has 0 spiro atoms. The summed E-state index contributed by atoms with van der Waals surface area (Å²) in [4.78, 5) is 0. The minimum absolute atomic E-state index is 0. The largest absolute Gasteiger partial charge is 0.497 e. The van der Waals surface area contributed by atoms with Crippen molar-refractivity contribution >= 4 is 12.4 Å². The first kappa shape index (κ1) is 12.3. The Labute approximate surface area is 97.2 Å². The molecule has 1 aliphatic rings. The average molecular weight is 228 g/mol. The Morgan fingerprint density at radius 2 is 2.13 bits per heavy atom. The highest BCUT2D eigenvalue weighted by Crippen LogP contribution is 2.24. The quantitative estimate of drug-likeness (QED) is 0.748. The van der Waals surface area contributed by atoms with E-state index in [2.05, 4.69) is 12.1 Å². The van der Waals surface area contributed by atoms with Gasteiger partial charge in [-0.2, -0.15) is 0 Å². The number of halogens is 1. The molecule has 1 atom stereocenters. The molecular formula is C12H18ClNO. The lowest BCUT2D eigenvalue weighted by molar-refractivity contribution is 0.414. The van der Waals surface area contributed by atoms with Gasteiger partial charge in [-0.1, -0.05) is 6.07 Å². The van der Waals surface area contributed by atoms with Gasteiger partial charge in [-0.15, -0.1) is 12.4 Å². The molecule has 1 aromatic carbocycles. The summed E-state index contributed by atoms with van der Waals surface area (Å²) in [6, 6.07) is 6.66. The average Bonchev–Trinajstić information content (AvgIpc) is 2.37. The first-order valence-corrected chi connectivity index (χ1v) is 5.21. The highest BCUT2D eigenvalue weighted by molar-refractivity contribution is 5.85. The molecule has 2 N–H and O–H groups in total. The molecule has 15 heavy (non-hydrogen) atoms. The summed E-state index contributed by atoms with van der Waals surface area (Å²) in [5, 5.41) is 0. The van der Waals surface area contributed by atoms with Crippen molar-refractivity contribution in [1.29, 1.82) is 0 Å². The molecule has 0 heterocycles. The number of fused-ring (bicyclic) bond motifs is 1. The fraction of sp³-hybridized carbons (Fsp3) is 0.500. The van der Waals surface area contributed by atoms with Gasteiger partial charge in [-0.05, 0) is 48.9 Å². The molecule has 0 fully saturated rings. The molecule has 84 valence electrons. The maximum Gasteiger partial charge on any atom is 0.119 e. The highest BCUT2D eigenvalue weighted by atomic mass is 35.5. The van der Waals surface area contributed by atoms with E-state index in [4.69, 9.17) is 10.5 Å². The Bertz CT molecular complexity index is 327. The van der Waals surface area contributed by atoms with Crippen molar-refractivity contribution in [2.45, 2.75) is 31.7 Å². The molecule has 2 nitrogen and oxygen atoms in total. The molecule has 0 saturated carbocycles. The van der Waals surface area contributed by atoms with E-state index in [0.717, 1.165) is 25.0 Å². The van der Waals surface area contributed by atoms with Crippen molar-refractivity contribution in [2.75, 3.05) is 7.11 Å². The topological polar surface area (TPSA) is 35.2 Å². The number of benzene rings is 1. The third kappa shape index (κ3) is 2.86. The lowest BCUT2D eigenvalue weighted by Crippen LogP contribution is -2.21.